The average Bonchev–Trinajstić information content (AvgIpc) is 3.19. The Morgan fingerprint density at radius 3 is 1.82 bits per heavy atom. The quantitative estimate of drug-likeness (QED) is 0.447. The lowest BCUT2D eigenvalue weighted by molar-refractivity contribution is -0.147. The molecule has 0 aliphatic rings. The Bertz CT molecular complexity index is 1070. The van der Waals surface area contributed by atoms with Crippen molar-refractivity contribution in [3.8, 4) is 0 Å². The first kappa shape index (κ1) is 18.4. The minimum Gasteiger partial charge on any atom is -0.466 e. The summed E-state index contributed by atoms with van der Waals surface area (Å²) in [6.07, 6.45) is 0. The van der Waals surface area contributed by atoms with E-state index in [1.54, 1.807) is 0 Å². The third kappa shape index (κ3) is 2.89. The summed E-state index contributed by atoms with van der Waals surface area (Å²) in [6.45, 7) is 8.39. The SMILES string of the molecule is CCOC(=O)[C@H](C)C(c1c(C)[nH]c2ccccc12)c1c(C)[nH]c2ccccc12. The van der Waals surface area contributed by atoms with Crippen LogP contribution in [0.2, 0.25) is 0 Å². The predicted molar refractivity (Wildman–Crippen MR) is 114 cm³/mol. The molecule has 2 aromatic heterocycles. The van der Waals surface area contributed by atoms with Gasteiger partial charge in [0.15, 0.2) is 0 Å². The van der Waals surface area contributed by atoms with Crippen molar-refractivity contribution in [2.45, 2.75) is 33.6 Å². The van der Waals surface area contributed by atoms with E-state index in [2.05, 4.69) is 48.1 Å². The van der Waals surface area contributed by atoms with Crippen molar-refractivity contribution >= 4 is 27.8 Å². The highest BCUT2D eigenvalue weighted by Crippen LogP contribution is 2.43. The fourth-order valence-electron chi connectivity index (χ4n) is 4.45. The van der Waals surface area contributed by atoms with Crippen LogP contribution in [0.5, 0.6) is 0 Å². The van der Waals surface area contributed by atoms with Crippen molar-refractivity contribution in [3.05, 3.63) is 71.0 Å². The molecule has 0 aliphatic heterocycles. The second kappa shape index (κ2) is 7.19. The number of ether oxygens (including phenoxy) is 1. The molecule has 0 radical (unpaired) electrons. The zero-order valence-electron chi connectivity index (χ0n) is 16.8. The van der Waals surface area contributed by atoms with Crippen LogP contribution in [-0.2, 0) is 9.53 Å². The largest absolute Gasteiger partial charge is 0.466 e. The molecule has 0 spiro atoms. The molecule has 2 N–H and O–H groups in total. The summed E-state index contributed by atoms with van der Waals surface area (Å²) in [5, 5.41) is 2.32. The van der Waals surface area contributed by atoms with Gasteiger partial charge in [0, 0.05) is 39.1 Å². The van der Waals surface area contributed by atoms with E-state index in [0.29, 0.717) is 6.61 Å². The van der Waals surface area contributed by atoms with Gasteiger partial charge < -0.3 is 14.7 Å². The number of aromatic amines is 2. The molecule has 4 rings (SSSR count). The van der Waals surface area contributed by atoms with Crippen LogP contribution in [0, 0.1) is 19.8 Å². The van der Waals surface area contributed by atoms with Gasteiger partial charge in [-0.1, -0.05) is 43.3 Å². The number of esters is 1. The number of aromatic nitrogens is 2. The zero-order chi connectivity index (χ0) is 19.8. The molecule has 0 fully saturated rings. The van der Waals surface area contributed by atoms with Gasteiger partial charge in [-0.3, -0.25) is 4.79 Å². The lowest BCUT2D eigenvalue weighted by atomic mass is 9.79. The van der Waals surface area contributed by atoms with E-state index < -0.39 is 0 Å². The highest BCUT2D eigenvalue weighted by atomic mass is 16.5. The van der Waals surface area contributed by atoms with Crippen LogP contribution in [0.1, 0.15) is 42.3 Å². The Labute approximate surface area is 164 Å². The third-order valence-corrected chi connectivity index (χ3v) is 5.67. The Kier molecular flexibility index (Phi) is 4.71. The van der Waals surface area contributed by atoms with Crippen molar-refractivity contribution in [2.75, 3.05) is 6.61 Å². The molecule has 0 saturated carbocycles. The maximum Gasteiger partial charge on any atom is 0.309 e. The first-order chi connectivity index (χ1) is 13.5. The first-order valence-corrected chi connectivity index (χ1v) is 9.84. The Morgan fingerprint density at radius 2 is 1.36 bits per heavy atom. The lowest BCUT2D eigenvalue weighted by Crippen LogP contribution is -2.23. The van der Waals surface area contributed by atoms with Gasteiger partial charge in [0.2, 0.25) is 0 Å². The van der Waals surface area contributed by atoms with Crippen LogP contribution in [0.3, 0.4) is 0 Å². The molecule has 144 valence electrons. The van der Waals surface area contributed by atoms with Crippen molar-refractivity contribution in [1.82, 2.24) is 9.97 Å². The number of hydrogen-bond donors (Lipinski definition) is 2. The number of benzene rings is 2. The van der Waals surface area contributed by atoms with Crippen molar-refractivity contribution in [1.29, 1.82) is 0 Å². The van der Waals surface area contributed by atoms with Gasteiger partial charge in [0.1, 0.15) is 0 Å². The molecule has 4 nitrogen and oxygen atoms in total. The van der Waals surface area contributed by atoms with Gasteiger partial charge >= 0.3 is 5.97 Å². The summed E-state index contributed by atoms with van der Waals surface area (Å²) in [6, 6.07) is 16.6. The van der Waals surface area contributed by atoms with Gasteiger partial charge in [0.05, 0.1) is 12.5 Å². The molecule has 2 aromatic carbocycles. The highest BCUT2D eigenvalue weighted by molar-refractivity contribution is 5.91. The van der Waals surface area contributed by atoms with Crippen LogP contribution in [0.25, 0.3) is 21.8 Å². The molecule has 28 heavy (non-hydrogen) atoms. The summed E-state index contributed by atoms with van der Waals surface area (Å²) in [5.41, 5.74) is 6.70. The summed E-state index contributed by atoms with van der Waals surface area (Å²) >= 11 is 0. The Balaban J connectivity index is 2.01. The molecular formula is C24H26N2O2. The smallest absolute Gasteiger partial charge is 0.309 e. The van der Waals surface area contributed by atoms with Gasteiger partial charge in [-0.2, -0.15) is 0 Å². The number of carbonyl (C=O) groups excluding carboxylic acids is 1. The molecule has 2 heterocycles. The predicted octanol–water partition coefficient (Wildman–Crippen LogP) is 5.60. The monoisotopic (exact) mass is 374 g/mol. The summed E-state index contributed by atoms with van der Waals surface area (Å²) in [7, 11) is 0. The lowest BCUT2D eigenvalue weighted by Gasteiger charge is -2.24. The molecule has 4 aromatic rings. The van der Waals surface area contributed by atoms with Crippen molar-refractivity contribution < 1.29 is 9.53 Å². The zero-order valence-corrected chi connectivity index (χ0v) is 16.8. The summed E-state index contributed by atoms with van der Waals surface area (Å²) in [4.78, 5) is 19.8. The molecular weight excluding hydrogens is 348 g/mol. The number of aryl methyl sites for hydroxylation is 2. The van der Waals surface area contributed by atoms with Gasteiger partial charge in [-0.05, 0) is 44.0 Å². The molecule has 0 bridgehead atoms. The van der Waals surface area contributed by atoms with E-state index in [0.717, 1.165) is 33.2 Å². The van der Waals surface area contributed by atoms with Crippen LogP contribution < -0.4 is 0 Å². The molecule has 0 saturated heterocycles. The molecule has 4 heteroatoms. The number of fused-ring (bicyclic) bond motifs is 2. The van der Waals surface area contributed by atoms with E-state index in [4.69, 9.17) is 4.74 Å². The normalized spacial score (nSPS) is 12.8. The third-order valence-electron chi connectivity index (χ3n) is 5.67. The van der Waals surface area contributed by atoms with Crippen LogP contribution in [0.4, 0.5) is 0 Å². The van der Waals surface area contributed by atoms with Crippen LogP contribution in [-0.4, -0.2) is 22.5 Å². The Hall–Kier alpha value is -3.01. The highest BCUT2D eigenvalue weighted by Gasteiger charge is 2.34. The van der Waals surface area contributed by atoms with Crippen LogP contribution >= 0.6 is 0 Å². The number of rotatable bonds is 5. The van der Waals surface area contributed by atoms with Crippen molar-refractivity contribution in [2.24, 2.45) is 5.92 Å². The van der Waals surface area contributed by atoms with E-state index in [9.17, 15) is 4.79 Å². The number of nitrogens with one attached hydrogen (secondary N) is 2. The molecule has 0 aliphatic carbocycles. The van der Waals surface area contributed by atoms with E-state index in [-0.39, 0.29) is 17.8 Å². The number of hydrogen-bond acceptors (Lipinski definition) is 2. The first-order valence-electron chi connectivity index (χ1n) is 9.84. The van der Waals surface area contributed by atoms with Gasteiger partial charge in [0.25, 0.3) is 0 Å². The van der Waals surface area contributed by atoms with Crippen LogP contribution in [0.15, 0.2) is 48.5 Å². The summed E-state index contributed by atoms with van der Waals surface area (Å²) < 4.78 is 5.43. The van der Waals surface area contributed by atoms with Crippen molar-refractivity contribution in [3.63, 3.8) is 0 Å². The fourth-order valence-corrected chi connectivity index (χ4v) is 4.45. The topological polar surface area (TPSA) is 57.9 Å². The van der Waals surface area contributed by atoms with Gasteiger partial charge in [-0.15, -0.1) is 0 Å². The average molecular weight is 374 g/mol. The second-order valence-electron chi connectivity index (χ2n) is 7.44. The minimum atomic E-state index is -0.309. The van der Waals surface area contributed by atoms with Gasteiger partial charge in [-0.25, -0.2) is 0 Å². The van der Waals surface area contributed by atoms with E-state index in [1.807, 2.05) is 38.1 Å². The molecule has 0 amide bonds. The Morgan fingerprint density at radius 1 is 0.893 bits per heavy atom. The van der Waals surface area contributed by atoms with E-state index in [1.165, 1.54) is 11.1 Å². The number of H-pyrrole nitrogens is 2. The maximum absolute atomic E-state index is 12.8. The molecule has 0 unspecified atom stereocenters. The maximum atomic E-state index is 12.8. The molecule has 1 atom stereocenters. The fraction of sp³-hybridized carbons (Fsp3) is 0.292. The number of para-hydroxylation sites is 2. The second-order valence-corrected chi connectivity index (χ2v) is 7.44. The minimum absolute atomic E-state index is 0.105. The standard InChI is InChI=1S/C24H26N2O2/c1-5-28-24(27)14(2)21(22-15(3)25-19-12-8-6-10-17(19)22)23-16(4)26-20-13-9-7-11-18(20)23/h6-14,21,25-26H,5H2,1-4H3/t14-/m1/s1. The number of carbonyl (C=O) groups is 1. The summed E-state index contributed by atoms with van der Waals surface area (Å²) in [5.74, 6) is -0.580. The van der Waals surface area contributed by atoms with E-state index >= 15 is 0 Å².